The number of methoxy groups -OCH3 is 1. The fourth-order valence-corrected chi connectivity index (χ4v) is 2.86. The van der Waals surface area contributed by atoms with Crippen molar-refractivity contribution in [3.8, 4) is 5.88 Å². The van der Waals surface area contributed by atoms with Crippen molar-refractivity contribution < 1.29 is 9.47 Å². The molecule has 2 atom stereocenters. The van der Waals surface area contributed by atoms with Gasteiger partial charge in [0.1, 0.15) is 12.4 Å². The minimum Gasteiger partial charge on any atom is -0.478 e. The lowest BCUT2D eigenvalue weighted by Crippen LogP contribution is -2.30. The molecule has 1 N–H and O–H groups in total. The third-order valence-corrected chi connectivity index (χ3v) is 4.21. The minimum absolute atomic E-state index is 0.403. The van der Waals surface area contributed by atoms with Gasteiger partial charge in [-0.05, 0) is 25.2 Å². The molecule has 1 aliphatic carbocycles. The van der Waals surface area contributed by atoms with Gasteiger partial charge >= 0.3 is 0 Å². The summed E-state index contributed by atoms with van der Waals surface area (Å²) in [5, 5.41) is 3.57. The number of rotatable bonds is 8. The smallest absolute Gasteiger partial charge is 0.218 e. The first-order valence-electron chi connectivity index (χ1n) is 8.49. The van der Waals surface area contributed by atoms with Gasteiger partial charge in [0.05, 0.1) is 6.61 Å². The second-order valence-corrected chi connectivity index (χ2v) is 6.16. The molecule has 0 spiro atoms. The lowest BCUT2D eigenvalue weighted by atomic mass is 9.86. The Labute approximate surface area is 133 Å². The first-order chi connectivity index (χ1) is 10.7. The van der Waals surface area contributed by atoms with Crippen molar-refractivity contribution in [3.05, 3.63) is 11.9 Å². The predicted molar refractivity (Wildman–Crippen MR) is 88.2 cm³/mol. The van der Waals surface area contributed by atoms with Gasteiger partial charge in [-0.3, -0.25) is 0 Å². The fourth-order valence-electron chi connectivity index (χ4n) is 2.86. The Balaban J connectivity index is 2.06. The van der Waals surface area contributed by atoms with Crippen LogP contribution < -0.4 is 10.1 Å². The van der Waals surface area contributed by atoms with Gasteiger partial charge in [0, 0.05) is 19.2 Å². The van der Waals surface area contributed by atoms with Gasteiger partial charge < -0.3 is 14.8 Å². The normalized spacial score (nSPS) is 21.6. The summed E-state index contributed by atoms with van der Waals surface area (Å²) < 4.78 is 10.9. The molecule has 0 radical (unpaired) electrons. The molecule has 1 fully saturated rings. The Morgan fingerprint density at radius 3 is 2.82 bits per heavy atom. The number of unbranched alkanes of at least 4 members (excludes halogenated alkanes) is 1. The van der Waals surface area contributed by atoms with E-state index in [2.05, 4.69) is 29.1 Å². The second-order valence-electron chi connectivity index (χ2n) is 6.16. The fraction of sp³-hybridized carbons (Fsp3) is 0.765. The molecule has 0 amide bonds. The minimum atomic E-state index is 0.403. The average molecular weight is 307 g/mol. The van der Waals surface area contributed by atoms with Crippen molar-refractivity contribution in [1.29, 1.82) is 0 Å². The van der Waals surface area contributed by atoms with E-state index in [1.165, 1.54) is 25.7 Å². The third kappa shape index (κ3) is 5.13. The van der Waals surface area contributed by atoms with E-state index in [0.717, 1.165) is 18.7 Å². The number of hydrogen-bond acceptors (Lipinski definition) is 5. The molecule has 1 aromatic heterocycles. The van der Waals surface area contributed by atoms with E-state index >= 15 is 0 Å². The van der Waals surface area contributed by atoms with Crippen LogP contribution in [0.5, 0.6) is 5.88 Å². The van der Waals surface area contributed by atoms with Crippen molar-refractivity contribution in [3.63, 3.8) is 0 Å². The van der Waals surface area contributed by atoms with Gasteiger partial charge in [-0.1, -0.05) is 33.1 Å². The van der Waals surface area contributed by atoms with E-state index in [9.17, 15) is 0 Å². The lowest BCUT2D eigenvalue weighted by Gasteiger charge is -2.30. The number of hydrogen-bond donors (Lipinski definition) is 1. The molecule has 0 aliphatic heterocycles. The Kier molecular flexibility index (Phi) is 6.90. The molecule has 5 nitrogen and oxygen atoms in total. The highest BCUT2D eigenvalue weighted by molar-refractivity contribution is 5.39. The molecule has 0 aromatic carbocycles. The third-order valence-electron chi connectivity index (χ3n) is 4.21. The maximum atomic E-state index is 5.74. The van der Waals surface area contributed by atoms with Crippen molar-refractivity contribution >= 4 is 5.82 Å². The van der Waals surface area contributed by atoms with Gasteiger partial charge in [0.2, 0.25) is 5.88 Å². The van der Waals surface area contributed by atoms with E-state index < -0.39 is 0 Å². The molecular weight excluding hydrogens is 278 g/mol. The van der Waals surface area contributed by atoms with Crippen LogP contribution in [0, 0.1) is 5.92 Å². The molecule has 0 bridgehead atoms. The number of aromatic nitrogens is 2. The highest BCUT2D eigenvalue weighted by Crippen LogP contribution is 2.27. The van der Waals surface area contributed by atoms with Crippen LogP contribution >= 0.6 is 0 Å². The van der Waals surface area contributed by atoms with E-state index in [1.54, 1.807) is 7.11 Å². The molecule has 2 rings (SSSR count). The van der Waals surface area contributed by atoms with Crippen molar-refractivity contribution in [2.24, 2.45) is 5.92 Å². The molecule has 1 aliphatic rings. The summed E-state index contributed by atoms with van der Waals surface area (Å²) in [6, 6.07) is 2.40. The number of nitrogens with one attached hydrogen (secondary N) is 1. The number of anilines is 1. The zero-order valence-corrected chi connectivity index (χ0v) is 14.1. The standard InChI is InChI=1S/C17H29N3O2/c1-4-5-10-22-17-11-15(19-16(20-17)12-21-3)18-14-9-7-6-8-13(14)2/h11,13-14H,4-10,12H2,1-3H3,(H,18,19,20). The van der Waals surface area contributed by atoms with E-state index in [-0.39, 0.29) is 0 Å². The monoisotopic (exact) mass is 307 g/mol. The summed E-state index contributed by atoms with van der Waals surface area (Å²) >= 11 is 0. The van der Waals surface area contributed by atoms with Crippen LogP contribution in [-0.2, 0) is 11.3 Å². The maximum absolute atomic E-state index is 5.74. The molecule has 22 heavy (non-hydrogen) atoms. The molecule has 0 saturated heterocycles. The molecule has 1 aromatic rings. The summed E-state index contributed by atoms with van der Waals surface area (Å²) in [7, 11) is 1.66. The summed E-state index contributed by atoms with van der Waals surface area (Å²) in [5.41, 5.74) is 0. The van der Waals surface area contributed by atoms with E-state index in [1.807, 2.05) is 6.07 Å². The van der Waals surface area contributed by atoms with Crippen LogP contribution in [0.1, 0.15) is 58.2 Å². The van der Waals surface area contributed by atoms with Crippen molar-refractivity contribution in [2.75, 3.05) is 19.0 Å². The van der Waals surface area contributed by atoms with Crippen LogP contribution in [-0.4, -0.2) is 29.7 Å². The van der Waals surface area contributed by atoms with Gasteiger partial charge in [-0.15, -0.1) is 0 Å². The van der Waals surface area contributed by atoms with Gasteiger partial charge in [0.25, 0.3) is 0 Å². The summed E-state index contributed by atoms with van der Waals surface area (Å²) in [6.07, 6.45) is 7.26. The second kappa shape index (κ2) is 8.93. The molecular formula is C17H29N3O2. The quantitative estimate of drug-likeness (QED) is 0.740. The van der Waals surface area contributed by atoms with E-state index in [0.29, 0.717) is 36.9 Å². The van der Waals surface area contributed by atoms with Gasteiger partial charge in [-0.2, -0.15) is 4.98 Å². The summed E-state index contributed by atoms with van der Waals surface area (Å²) in [5.74, 6) is 2.84. The first-order valence-corrected chi connectivity index (χ1v) is 8.49. The van der Waals surface area contributed by atoms with E-state index in [4.69, 9.17) is 9.47 Å². The number of nitrogens with zero attached hydrogens (tertiary/aromatic N) is 2. The topological polar surface area (TPSA) is 56.3 Å². The van der Waals surface area contributed by atoms with Gasteiger partial charge in [0.15, 0.2) is 5.82 Å². The van der Waals surface area contributed by atoms with Crippen molar-refractivity contribution in [2.45, 2.75) is 65.0 Å². The predicted octanol–water partition coefficient (Wildman–Crippen LogP) is 3.79. The highest BCUT2D eigenvalue weighted by atomic mass is 16.5. The molecule has 2 unspecified atom stereocenters. The van der Waals surface area contributed by atoms with Crippen molar-refractivity contribution in [1.82, 2.24) is 9.97 Å². The Morgan fingerprint density at radius 1 is 1.27 bits per heavy atom. The van der Waals surface area contributed by atoms with Crippen LogP contribution in [0.2, 0.25) is 0 Å². The largest absolute Gasteiger partial charge is 0.478 e. The first kappa shape index (κ1) is 17.0. The molecule has 124 valence electrons. The zero-order valence-electron chi connectivity index (χ0n) is 14.1. The number of ether oxygens (including phenoxy) is 2. The lowest BCUT2D eigenvalue weighted by molar-refractivity contribution is 0.176. The molecule has 1 heterocycles. The average Bonchev–Trinajstić information content (AvgIpc) is 2.50. The van der Waals surface area contributed by atoms with Crippen LogP contribution in [0.15, 0.2) is 6.07 Å². The van der Waals surface area contributed by atoms with Crippen LogP contribution in [0.4, 0.5) is 5.82 Å². The van der Waals surface area contributed by atoms with Gasteiger partial charge in [-0.25, -0.2) is 4.98 Å². The zero-order chi connectivity index (χ0) is 15.8. The summed E-state index contributed by atoms with van der Waals surface area (Å²) in [6.45, 7) is 5.56. The Morgan fingerprint density at radius 2 is 2.09 bits per heavy atom. The molecule has 5 heteroatoms. The Hall–Kier alpha value is -1.36. The Bertz CT molecular complexity index is 454. The highest BCUT2D eigenvalue weighted by Gasteiger charge is 2.21. The maximum Gasteiger partial charge on any atom is 0.218 e. The SMILES string of the molecule is CCCCOc1cc(NC2CCCCC2C)nc(COC)n1. The molecule has 1 saturated carbocycles. The summed E-state index contributed by atoms with van der Waals surface area (Å²) in [4.78, 5) is 8.96. The van der Waals surface area contributed by atoms with Crippen LogP contribution in [0.25, 0.3) is 0 Å². The van der Waals surface area contributed by atoms with Crippen LogP contribution in [0.3, 0.4) is 0 Å².